The minimum atomic E-state index is -1.19. The van der Waals surface area contributed by atoms with Gasteiger partial charge in [-0.25, -0.2) is 9.59 Å². The standard InChI is InChI=1S/C33H45ClN2O8/c1-19(14-15-33(6)20(2)11-13-27(38)22(33)4)10-12-24-30(41)25(21(3)29(34)31(24)44-18-28(39)40)17-35-16-8-7-9-26(32(42)43)36-23(5)37/h10,14-15,17,20,22,26,41H,7-9,11-13,16,18H2,1-6H3,(H,36,37)(H,39,40)(H,42,43)/t20-,22+,26+,33+/m1/s1. The summed E-state index contributed by atoms with van der Waals surface area (Å²) in [6.07, 6.45) is 10.4. The number of halogens is 1. The van der Waals surface area contributed by atoms with E-state index < -0.39 is 30.5 Å². The number of rotatable bonds is 15. The zero-order chi connectivity index (χ0) is 33.2. The number of ether oxygens (including phenoxy) is 1. The molecule has 0 unspecified atom stereocenters. The van der Waals surface area contributed by atoms with Crippen molar-refractivity contribution >= 4 is 41.4 Å². The Morgan fingerprint density at radius 3 is 2.50 bits per heavy atom. The van der Waals surface area contributed by atoms with Gasteiger partial charge in [0.25, 0.3) is 0 Å². The largest absolute Gasteiger partial charge is 0.507 e. The van der Waals surface area contributed by atoms with Crippen molar-refractivity contribution in [3.63, 3.8) is 0 Å². The lowest BCUT2D eigenvalue weighted by Crippen LogP contribution is -2.40. The third-order valence-electron chi connectivity index (χ3n) is 8.65. The molecule has 1 aromatic rings. The average molecular weight is 633 g/mol. The molecule has 1 fully saturated rings. The molecule has 1 aliphatic carbocycles. The Bertz CT molecular complexity index is 1340. The van der Waals surface area contributed by atoms with Gasteiger partial charge in [-0.1, -0.05) is 56.2 Å². The number of aliphatic carboxylic acids is 2. The van der Waals surface area contributed by atoms with Crippen LogP contribution in [0.2, 0.25) is 5.02 Å². The number of amides is 1. The SMILES string of the molecule is CC(=O)N[C@@H](CCCCN=Cc1c(C)c(Cl)c(OCC(=O)O)c(CC=C(C)C=C[C@@]2(C)[C@H](C)CCC(=O)[C@@H]2C)c1O)C(=O)O. The first-order valence-electron chi connectivity index (χ1n) is 14.9. The molecule has 1 aromatic carbocycles. The molecule has 4 N–H and O–H groups in total. The first-order chi connectivity index (χ1) is 20.6. The minimum Gasteiger partial charge on any atom is -0.507 e. The summed E-state index contributed by atoms with van der Waals surface area (Å²) in [6, 6.07) is -0.964. The van der Waals surface area contributed by atoms with Crippen molar-refractivity contribution in [1.29, 1.82) is 0 Å². The van der Waals surface area contributed by atoms with Crippen LogP contribution in [0.25, 0.3) is 0 Å². The highest BCUT2D eigenvalue weighted by Crippen LogP contribution is 2.45. The van der Waals surface area contributed by atoms with E-state index in [9.17, 15) is 34.5 Å². The van der Waals surface area contributed by atoms with Crippen molar-refractivity contribution < 1.29 is 39.2 Å². The molecule has 2 rings (SSSR count). The normalized spacial score (nSPS) is 21.5. The summed E-state index contributed by atoms with van der Waals surface area (Å²) in [6.45, 7) is 10.8. The highest BCUT2D eigenvalue weighted by molar-refractivity contribution is 6.33. The Kier molecular flexibility index (Phi) is 13.6. The molecule has 44 heavy (non-hydrogen) atoms. The second-order valence-corrected chi connectivity index (χ2v) is 12.2. The van der Waals surface area contributed by atoms with Crippen molar-refractivity contribution in [2.24, 2.45) is 22.2 Å². The number of carbonyl (C=O) groups excluding carboxylic acids is 2. The summed E-state index contributed by atoms with van der Waals surface area (Å²) < 4.78 is 5.52. The maximum Gasteiger partial charge on any atom is 0.341 e. The summed E-state index contributed by atoms with van der Waals surface area (Å²) in [5, 5.41) is 32.3. The van der Waals surface area contributed by atoms with E-state index in [1.165, 1.54) is 13.1 Å². The lowest BCUT2D eigenvalue weighted by molar-refractivity contribution is -0.141. The van der Waals surface area contributed by atoms with Gasteiger partial charge in [-0.15, -0.1) is 0 Å². The van der Waals surface area contributed by atoms with Crippen molar-refractivity contribution in [1.82, 2.24) is 5.32 Å². The van der Waals surface area contributed by atoms with Gasteiger partial charge in [0, 0.05) is 43.1 Å². The van der Waals surface area contributed by atoms with Gasteiger partial charge in [-0.2, -0.15) is 0 Å². The second kappa shape index (κ2) is 16.4. The van der Waals surface area contributed by atoms with E-state index in [0.717, 1.165) is 12.0 Å². The molecular formula is C33H45ClN2O8. The van der Waals surface area contributed by atoms with Gasteiger partial charge in [0.2, 0.25) is 5.91 Å². The quantitative estimate of drug-likeness (QED) is 0.109. The average Bonchev–Trinajstić information content (AvgIpc) is 2.95. The molecule has 4 atom stereocenters. The number of carboxylic acids is 2. The van der Waals surface area contributed by atoms with E-state index in [-0.39, 0.29) is 46.5 Å². The van der Waals surface area contributed by atoms with Gasteiger partial charge >= 0.3 is 11.9 Å². The Morgan fingerprint density at radius 2 is 1.89 bits per heavy atom. The molecule has 0 bridgehead atoms. The van der Waals surface area contributed by atoms with Crippen LogP contribution < -0.4 is 10.1 Å². The van der Waals surface area contributed by atoms with Crippen LogP contribution in [0.5, 0.6) is 11.5 Å². The number of nitrogens with zero attached hydrogens (tertiary/aromatic N) is 1. The van der Waals surface area contributed by atoms with E-state index in [0.29, 0.717) is 48.4 Å². The van der Waals surface area contributed by atoms with Crippen molar-refractivity contribution in [3.05, 3.63) is 45.5 Å². The monoisotopic (exact) mass is 632 g/mol. The molecule has 1 aliphatic rings. The van der Waals surface area contributed by atoms with Crippen molar-refractivity contribution in [2.75, 3.05) is 13.2 Å². The third kappa shape index (κ3) is 9.67. The summed E-state index contributed by atoms with van der Waals surface area (Å²) in [5.41, 5.74) is 1.76. The first-order valence-corrected chi connectivity index (χ1v) is 15.2. The Morgan fingerprint density at radius 1 is 1.20 bits per heavy atom. The molecule has 0 saturated heterocycles. The molecule has 1 amide bonds. The number of aliphatic imine (C=N–C) groups is 1. The number of carboxylic acid groups (broad SMARTS) is 2. The number of aromatic hydroxyl groups is 1. The molecule has 0 spiro atoms. The van der Waals surface area contributed by atoms with E-state index in [4.69, 9.17) is 16.3 Å². The molecule has 0 aliphatic heterocycles. The molecule has 0 heterocycles. The topological polar surface area (TPSA) is 163 Å². The maximum absolute atomic E-state index is 12.4. The molecular weight excluding hydrogens is 588 g/mol. The van der Waals surface area contributed by atoms with Crippen LogP contribution >= 0.6 is 11.6 Å². The lowest BCUT2D eigenvalue weighted by atomic mass is 9.61. The van der Waals surface area contributed by atoms with E-state index >= 15 is 0 Å². The smallest absolute Gasteiger partial charge is 0.341 e. The van der Waals surface area contributed by atoms with Crippen molar-refractivity contribution in [3.8, 4) is 11.5 Å². The van der Waals surface area contributed by atoms with Crippen LogP contribution in [0.4, 0.5) is 0 Å². The first kappa shape index (κ1) is 36.5. The van der Waals surface area contributed by atoms with Gasteiger partial charge in [-0.3, -0.25) is 14.6 Å². The zero-order valence-corrected chi connectivity index (χ0v) is 27.2. The fraction of sp³-hybridized carbons (Fsp3) is 0.545. The number of unbranched alkanes of at least 4 members (excludes halogenated alkanes) is 1. The number of nitrogens with one attached hydrogen (secondary N) is 1. The maximum atomic E-state index is 12.4. The Labute approximate surface area is 264 Å². The highest BCUT2D eigenvalue weighted by Gasteiger charge is 2.41. The predicted octanol–water partition coefficient (Wildman–Crippen LogP) is 5.68. The number of Topliss-reactive ketones (excluding diaryl/α,β-unsaturated/α-hetero) is 1. The number of phenolic OH excluding ortho intramolecular Hbond substituents is 1. The molecule has 0 aromatic heterocycles. The zero-order valence-electron chi connectivity index (χ0n) is 26.4. The molecule has 11 heteroatoms. The van der Waals surface area contributed by atoms with Gasteiger partial charge < -0.3 is 25.4 Å². The fourth-order valence-electron chi connectivity index (χ4n) is 5.32. The van der Waals surface area contributed by atoms with Crippen LogP contribution in [0.15, 0.2) is 28.8 Å². The molecule has 0 radical (unpaired) electrons. The lowest BCUT2D eigenvalue weighted by Gasteiger charge is -2.42. The number of ketones is 1. The van der Waals surface area contributed by atoms with Crippen molar-refractivity contribution in [2.45, 2.75) is 86.1 Å². The van der Waals surface area contributed by atoms with Gasteiger partial charge in [0.05, 0.1) is 5.02 Å². The highest BCUT2D eigenvalue weighted by atomic mass is 35.5. The predicted molar refractivity (Wildman–Crippen MR) is 170 cm³/mol. The third-order valence-corrected chi connectivity index (χ3v) is 9.10. The number of phenols is 1. The Hall–Kier alpha value is -3.66. The number of allylic oxidation sites excluding steroid dienone is 4. The van der Waals surface area contributed by atoms with Crippen LogP contribution in [0, 0.1) is 24.2 Å². The summed E-state index contributed by atoms with van der Waals surface area (Å²) in [4.78, 5) is 50.6. The van der Waals surface area contributed by atoms with Crippen LogP contribution in [-0.4, -0.2) is 64.4 Å². The number of hydrogen-bond donors (Lipinski definition) is 4. The van der Waals surface area contributed by atoms with Crippen LogP contribution in [0.3, 0.4) is 0 Å². The molecule has 10 nitrogen and oxygen atoms in total. The summed E-state index contributed by atoms with van der Waals surface area (Å²) in [7, 11) is 0. The second-order valence-electron chi connectivity index (χ2n) is 11.8. The Balaban J connectivity index is 2.28. The van der Waals surface area contributed by atoms with Gasteiger partial charge in [0.1, 0.15) is 23.3 Å². The summed E-state index contributed by atoms with van der Waals surface area (Å²) >= 11 is 6.62. The van der Waals surface area contributed by atoms with E-state index in [1.807, 2.05) is 26.0 Å². The fourth-order valence-corrected chi connectivity index (χ4v) is 5.59. The number of hydrogen-bond acceptors (Lipinski definition) is 7. The van der Waals surface area contributed by atoms with E-state index in [1.54, 1.807) is 6.92 Å². The minimum absolute atomic E-state index is 0.0824. The van der Waals surface area contributed by atoms with Crippen LogP contribution in [0.1, 0.15) is 83.4 Å². The molecule has 242 valence electrons. The van der Waals surface area contributed by atoms with Gasteiger partial charge in [0.15, 0.2) is 6.61 Å². The summed E-state index contributed by atoms with van der Waals surface area (Å²) in [5.74, 6) is -2.24. The number of benzene rings is 1. The van der Waals surface area contributed by atoms with E-state index in [2.05, 4.69) is 30.2 Å². The van der Waals surface area contributed by atoms with Gasteiger partial charge in [-0.05, 0) is 62.8 Å². The van der Waals surface area contributed by atoms with Crippen LogP contribution in [-0.2, 0) is 25.6 Å². The molecule has 1 saturated carbocycles. The number of carbonyl (C=O) groups is 4.